The Morgan fingerprint density at radius 3 is 2.81 bits per heavy atom. The van der Waals surface area contributed by atoms with Crippen molar-refractivity contribution in [2.75, 3.05) is 7.11 Å². The van der Waals surface area contributed by atoms with Crippen LogP contribution in [0.4, 0.5) is 0 Å². The van der Waals surface area contributed by atoms with Gasteiger partial charge in [0.1, 0.15) is 5.75 Å². The van der Waals surface area contributed by atoms with Gasteiger partial charge in [0, 0.05) is 5.56 Å². The lowest BCUT2D eigenvalue weighted by atomic mass is 10.2. The number of amidine groups is 1. The van der Waals surface area contributed by atoms with Crippen LogP contribution < -0.4 is 10.5 Å². The fraction of sp³-hybridized carbons (Fsp3) is 0.0909. The van der Waals surface area contributed by atoms with Crippen LogP contribution in [0.5, 0.6) is 5.75 Å². The molecule has 4 nitrogen and oxygen atoms in total. The molecule has 0 aromatic heterocycles. The normalized spacial score (nSPS) is 17.7. The number of carbonyl (C=O) groups excluding carboxylic acids is 1. The van der Waals surface area contributed by atoms with E-state index in [1.165, 1.54) is 11.8 Å². The molecule has 1 aromatic carbocycles. The first-order chi connectivity index (χ1) is 7.70. The van der Waals surface area contributed by atoms with E-state index in [4.69, 9.17) is 10.5 Å². The summed E-state index contributed by atoms with van der Waals surface area (Å²) in [6.07, 6.45) is 1.73. The van der Waals surface area contributed by atoms with E-state index in [0.29, 0.717) is 10.7 Å². The van der Waals surface area contributed by atoms with E-state index in [9.17, 15) is 4.79 Å². The summed E-state index contributed by atoms with van der Waals surface area (Å²) in [7, 11) is 1.59. The number of ether oxygens (including phenoxy) is 1. The Morgan fingerprint density at radius 2 is 2.19 bits per heavy atom. The van der Waals surface area contributed by atoms with Crippen molar-refractivity contribution in [3.63, 3.8) is 0 Å². The predicted molar refractivity (Wildman–Crippen MR) is 65.2 cm³/mol. The van der Waals surface area contributed by atoms with Gasteiger partial charge in [0.05, 0.1) is 12.0 Å². The molecule has 0 aliphatic carbocycles. The molecule has 1 aromatic rings. The van der Waals surface area contributed by atoms with Gasteiger partial charge in [-0.05, 0) is 23.9 Å². The minimum Gasteiger partial charge on any atom is -0.496 e. The topological polar surface area (TPSA) is 64.7 Å². The van der Waals surface area contributed by atoms with Crippen molar-refractivity contribution in [3.05, 3.63) is 34.7 Å². The molecular weight excluding hydrogens is 224 g/mol. The molecule has 0 atom stereocenters. The third kappa shape index (κ3) is 2.09. The number of thioether (sulfide) groups is 1. The second-order valence-electron chi connectivity index (χ2n) is 3.11. The molecule has 1 amide bonds. The van der Waals surface area contributed by atoms with Crippen LogP contribution in [-0.2, 0) is 4.79 Å². The van der Waals surface area contributed by atoms with Gasteiger partial charge in [-0.2, -0.15) is 4.99 Å². The van der Waals surface area contributed by atoms with E-state index < -0.39 is 0 Å². The number of para-hydroxylation sites is 1. The zero-order valence-corrected chi connectivity index (χ0v) is 9.45. The summed E-state index contributed by atoms with van der Waals surface area (Å²) in [5.74, 6) is 0.419. The highest BCUT2D eigenvalue weighted by Gasteiger charge is 2.19. The SMILES string of the molecule is COc1ccccc1/C=C1/SC(N)=NC1=O. The van der Waals surface area contributed by atoms with Crippen molar-refractivity contribution in [1.82, 2.24) is 0 Å². The smallest absolute Gasteiger partial charge is 0.286 e. The Balaban J connectivity index is 2.34. The van der Waals surface area contributed by atoms with Crippen LogP contribution >= 0.6 is 11.8 Å². The molecule has 0 bridgehead atoms. The van der Waals surface area contributed by atoms with Gasteiger partial charge in [-0.1, -0.05) is 18.2 Å². The molecule has 0 radical (unpaired) electrons. The van der Waals surface area contributed by atoms with E-state index >= 15 is 0 Å². The van der Waals surface area contributed by atoms with Crippen LogP contribution in [0.25, 0.3) is 6.08 Å². The van der Waals surface area contributed by atoms with Gasteiger partial charge in [0.2, 0.25) is 0 Å². The lowest BCUT2D eigenvalue weighted by Crippen LogP contribution is -2.01. The van der Waals surface area contributed by atoms with E-state index in [1.54, 1.807) is 13.2 Å². The van der Waals surface area contributed by atoms with Crippen LogP contribution in [0.15, 0.2) is 34.2 Å². The lowest BCUT2D eigenvalue weighted by molar-refractivity contribution is -0.113. The molecule has 0 fully saturated rings. The maximum Gasteiger partial charge on any atom is 0.286 e. The number of rotatable bonds is 2. The number of nitrogens with zero attached hydrogens (tertiary/aromatic N) is 1. The zero-order valence-electron chi connectivity index (χ0n) is 8.64. The van der Waals surface area contributed by atoms with Gasteiger partial charge >= 0.3 is 0 Å². The van der Waals surface area contributed by atoms with E-state index in [1.807, 2.05) is 24.3 Å². The largest absolute Gasteiger partial charge is 0.496 e. The molecule has 2 N–H and O–H groups in total. The highest BCUT2D eigenvalue weighted by atomic mass is 32.2. The first-order valence-electron chi connectivity index (χ1n) is 4.62. The fourth-order valence-corrected chi connectivity index (χ4v) is 2.03. The van der Waals surface area contributed by atoms with Gasteiger partial charge in [0.25, 0.3) is 5.91 Å². The highest BCUT2D eigenvalue weighted by molar-refractivity contribution is 8.18. The molecule has 0 spiro atoms. The molecule has 5 heteroatoms. The van der Waals surface area contributed by atoms with Gasteiger partial charge in [-0.15, -0.1) is 0 Å². The highest BCUT2D eigenvalue weighted by Crippen LogP contribution is 2.29. The van der Waals surface area contributed by atoms with Gasteiger partial charge < -0.3 is 10.5 Å². The molecule has 1 aliphatic heterocycles. The monoisotopic (exact) mass is 234 g/mol. The third-order valence-corrected chi connectivity index (χ3v) is 2.88. The summed E-state index contributed by atoms with van der Waals surface area (Å²) in [5.41, 5.74) is 6.30. The Bertz CT molecular complexity index is 495. The van der Waals surface area contributed by atoms with Crippen molar-refractivity contribution in [3.8, 4) is 5.75 Å². The van der Waals surface area contributed by atoms with Gasteiger partial charge in [-0.25, -0.2) is 0 Å². The summed E-state index contributed by atoms with van der Waals surface area (Å²) in [5, 5.41) is 0.283. The number of aliphatic imine (C=N–C) groups is 1. The predicted octanol–water partition coefficient (Wildman–Crippen LogP) is 1.62. The Morgan fingerprint density at radius 1 is 1.44 bits per heavy atom. The van der Waals surface area contributed by atoms with Crippen LogP contribution in [0, 0.1) is 0 Å². The van der Waals surface area contributed by atoms with E-state index in [0.717, 1.165) is 5.56 Å². The Kier molecular flexibility index (Phi) is 2.96. The van der Waals surface area contributed by atoms with Crippen LogP contribution in [0.3, 0.4) is 0 Å². The number of hydrogen-bond acceptors (Lipinski definition) is 4. The third-order valence-electron chi connectivity index (χ3n) is 2.06. The van der Waals surface area contributed by atoms with E-state index in [-0.39, 0.29) is 11.1 Å². The van der Waals surface area contributed by atoms with Crippen LogP contribution in [0.2, 0.25) is 0 Å². The molecule has 0 saturated heterocycles. The van der Waals surface area contributed by atoms with Crippen LogP contribution in [0.1, 0.15) is 5.56 Å². The van der Waals surface area contributed by atoms with Crippen molar-refractivity contribution >= 4 is 28.9 Å². The number of nitrogens with two attached hydrogens (primary N) is 1. The number of hydrogen-bond donors (Lipinski definition) is 1. The fourth-order valence-electron chi connectivity index (χ4n) is 1.35. The van der Waals surface area contributed by atoms with Gasteiger partial charge in [-0.3, -0.25) is 4.79 Å². The quantitative estimate of drug-likeness (QED) is 0.790. The summed E-state index contributed by atoms with van der Waals surface area (Å²) in [6, 6.07) is 7.45. The average Bonchev–Trinajstić information content (AvgIpc) is 2.58. The summed E-state index contributed by atoms with van der Waals surface area (Å²) >= 11 is 1.17. The van der Waals surface area contributed by atoms with Crippen molar-refractivity contribution < 1.29 is 9.53 Å². The second kappa shape index (κ2) is 4.40. The number of amides is 1. The minimum atomic E-state index is -0.298. The first-order valence-corrected chi connectivity index (χ1v) is 5.43. The number of carbonyl (C=O) groups is 1. The molecule has 0 unspecified atom stereocenters. The summed E-state index contributed by atoms with van der Waals surface area (Å²) in [4.78, 5) is 15.5. The molecule has 2 rings (SSSR count). The van der Waals surface area contributed by atoms with Crippen molar-refractivity contribution in [1.29, 1.82) is 0 Å². The maximum atomic E-state index is 11.4. The number of benzene rings is 1. The van der Waals surface area contributed by atoms with Crippen LogP contribution in [-0.4, -0.2) is 18.2 Å². The molecule has 1 heterocycles. The number of methoxy groups -OCH3 is 1. The summed E-state index contributed by atoms with van der Waals surface area (Å²) < 4.78 is 5.18. The lowest BCUT2D eigenvalue weighted by Gasteiger charge is -2.03. The zero-order chi connectivity index (χ0) is 11.5. The minimum absolute atomic E-state index is 0.283. The molecule has 82 valence electrons. The average molecular weight is 234 g/mol. The first kappa shape index (κ1) is 10.8. The summed E-state index contributed by atoms with van der Waals surface area (Å²) in [6.45, 7) is 0. The Labute approximate surface area is 97.2 Å². The van der Waals surface area contributed by atoms with Gasteiger partial charge in [0.15, 0.2) is 5.17 Å². The van der Waals surface area contributed by atoms with E-state index in [2.05, 4.69) is 4.99 Å². The molecule has 1 aliphatic rings. The van der Waals surface area contributed by atoms with Crippen molar-refractivity contribution in [2.24, 2.45) is 10.7 Å². The maximum absolute atomic E-state index is 11.4. The molecule has 0 saturated carbocycles. The standard InChI is InChI=1S/C11H10N2O2S/c1-15-8-5-3-2-4-7(8)6-9-10(14)13-11(12)16-9/h2-6H,1H3,(H2,12,13,14)/b9-6+. The Hall–Kier alpha value is -1.75. The second-order valence-corrected chi connectivity index (χ2v) is 4.17. The molecule has 16 heavy (non-hydrogen) atoms. The molecular formula is C11H10N2O2S. The van der Waals surface area contributed by atoms with Crippen molar-refractivity contribution in [2.45, 2.75) is 0 Å².